The molecule has 94 valence electrons. The topological polar surface area (TPSA) is 58.6 Å². The van der Waals surface area contributed by atoms with Crippen molar-refractivity contribution in [2.75, 3.05) is 0 Å². The van der Waals surface area contributed by atoms with Crippen molar-refractivity contribution in [3.63, 3.8) is 0 Å². The van der Waals surface area contributed by atoms with Crippen LogP contribution < -0.4 is 5.43 Å². The third-order valence-corrected chi connectivity index (χ3v) is 3.00. The molecule has 0 saturated carbocycles. The van der Waals surface area contributed by atoms with E-state index in [1.807, 2.05) is 26.0 Å². The van der Waals surface area contributed by atoms with E-state index in [2.05, 4.69) is 15.0 Å². The maximum Gasteiger partial charge on any atom is 0.191 e. The Bertz CT molecular complexity index is 821. The van der Waals surface area contributed by atoms with Crippen LogP contribution in [0, 0.1) is 13.8 Å². The lowest BCUT2D eigenvalue weighted by molar-refractivity contribution is 1.22. The summed E-state index contributed by atoms with van der Waals surface area (Å²) in [6.45, 7) is 3.89. The zero-order chi connectivity index (χ0) is 13.4. The number of hydrogen-bond donors (Lipinski definition) is 1. The first kappa shape index (κ1) is 11.6. The molecular weight excluding hydrogens is 238 g/mol. The molecule has 0 amide bonds. The first-order valence-corrected chi connectivity index (χ1v) is 6.05. The van der Waals surface area contributed by atoms with Crippen molar-refractivity contribution in [2.45, 2.75) is 13.8 Å². The Morgan fingerprint density at radius 1 is 1.00 bits per heavy atom. The van der Waals surface area contributed by atoms with Gasteiger partial charge in [-0.2, -0.15) is 0 Å². The molecule has 4 heteroatoms. The van der Waals surface area contributed by atoms with E-state index in [0.717, 1.165) is 22.4 Å². The number of pyridine rings is 3. The van der Waals surface area contributed by atoms with Crippen molar-refractivity contribution in [3.05, 3.63) is 58.1 Å². The molecule has 0 saturated heterocycles. The molecule has 4 nitrogen and oxygen atoms in total. The predicted octanol–water partition coefficient (Wildman–Crippen LogP) is 2.60. The van der Waals surface area contributed by atoms with Gasteiger partial charge in [0.2, 0.25) is 0 Å². The fourth-order valence-electron chi connectivity index (χ4n) is 2.09. The molecule has 3 aromatic heterocycles. The summed E-state index contributed by atoms with van der Waals surface area (Å²) < 4.78 is 0. The molecule has 3 rings (SSSR count). The number of H-pyrrole nitrogens is 1. The van der Waals surface area contributed by atoms with Gasteiger partial charge in [0.05, 0.1) is 11.1 Å². The van der Waals surface area contributed by atoms with Gasteiger partial charge >= 0.3 is 0 Å². The van der Waals surface area contributed by atoms with Crippen LogP contribution in [0.25, 0.3) is 22.3 Å². The Balaban J connectivity index is 2.27. The van der Waals surface area contributed by atoms with E-state index in [9.17, 15) is 4.79 Å². The largest absolute Gasteiger partial charge is 0.339 e. The van der Waals surface area contributed by atoms with Crippen molar-refractivity contribution in [2.24, 2.45) is 0 Å². The summed E-state index contributed by atoms with van der Waals surface area (Å²) in [5, 5.41) is 0.615. The van der Waals surface area contributed by atoms with Crippen LogP contribution in [0.4, 0.5) is 0 Å². The number of aromatic amines is 1. The van der Waals surface area contributed by atoms with Gasteiger partial charge in [0.25, 0.3) is 0 Å². The standard InChI is InChI=1S/C15H13N3O/c1-9-3-11(8-16-6-9)13-5-14(19)12-4-10(2)7-17-15(12)18-13/h3-8H,1-2H3,(H,17,18,19). The van der Waals surface area contributed by atoms with Gasteiger partial charge in [0.15, 0.2) is 5.43 Å². The second-order valence-electron chi connectivity index (χ2n) is 4.71. The van der Waals surface area contributed by atoms with Crippen molar-refractivity contribution < 1.29 is 0 Å². The van der Waals surface area contributed by atoms with Gasteiger partial charge in [-0.05, 0) is 37.1 Å². The quantitative estimate of drug-likeness (QED) is 0.723. The molecule has 0 aliphatic heterocycles. The van der Waals surface area contributed by atoms with Crippen LogP contribution in [0.5, 0.6) is 0 Å². The molecule has 19 heavy (non-hydrogen) atoms. The zero-order valence-corrected chi connectivity index (χ0v) is 10.8. The van der Waals surface area contributed by atoms with Crippen LogP contribution in [0.2, 0.25) is 0 Å². The van der Waals surface area contributed by atoms with E-state index >= 15 is 0 Å². The molecule has 0 aromatic carbocycles. The molecular formula is C15H13N3O. The highest BCUT2D eigenvalue weighted by molar-refractivity contribution is 5.78. The minimum atomic E-state index is -0.0264. The second-order valence-corrected chi connectivity index (χ2v) is 4.71. The van der Waals surface area contributed by atoms with Gasteiger partial charge in [-0.1, -0.05) is 0 Å². The molecule has 0 spiro atoms. The Labute approximate surface area is 110 Å². The van der Waals surface area contributed by atoms with Gasteiger partial charge in [0.1, 0.15) is 5.65 Å². The predicted molar refractivity (Wildman–Crippen MR) is 75.1 cm³/mol. The van der Waals surface area contributed by atoms with Crippen LogP contribution in [0.3, 0.4) is 0 Å². The van der Waals surface area contributed by atoms with Gasteiger partial charge in [-0.3, -0.25) is 9.78 Å². The molecule has 0 fully saturated rings. The zero-order valence-electron chi connectivity index (χ0n) is 10.8. The lowest BCUT2D eigenvalue weighted by Gasteiger charge is -2.05. The minimum absolute atomic E-state index is 0.0264. The van der Waals surface area contributed by atoms with Crippen LogP contribution in [-0.4, -0.2) is 15.0 Å². The molecule has 0 atom stereocenters. The molecule has 0 unspecified atom stereocenters. The Kier molecular flexibility index (Phi) is 2.63. The fraction of sp³-hybridized carbons (Fsp3) is 0.133. The number of hydrogen-bond acceptors (Lipinski definition) is 3. The van der Waals surface area contributed by atoms with E-state index in [-0.39, 0.29) is 5.43 Å². The summed E-state index contributed by atoms with van der Waals surface area (Å²) in [7, 11) is 0. The number of fused-ring (bicyclic) bond motifs is 1. The number of aromatic nitrogens is 3. The van der Waals surface area contributed by atoms with E-state index in [1.54, 1.807) is 24.7 Å². The average Bonchev–Trinajstić information content (AvgIpc) is 2.39. The lowest BCUT2D eigenvalue weighted by atomic mass is 10.1. The Morgan fingerprint density at radius 3 is 2.58 bits per heavy atom. The third-order valence-electron chi connectivity index (χ3n) is 3.00. The summed E-state index contributed by atoms with van der Waals surface area (Å²) in [6.07, 6.45) is 5.26. The lowest BCUT2D eigenvalue weighted by Crippen LogP contribution is -2.04. The van der Waals surface area contributed by atoms with Crippen molar-refractivity contribution >= 4 is 11.0 Å². The molecule has 3 heterocycles. The highest BCUT2D eigenvalue weighted by Crippen LogP contribution is 2.17. The van der Waals surface area contributed by atoms with Crippen molar-refractivity contribution in [1.82, 2.24) is 15.0 Å². The molecule has 1 N–H and O–H groups in total. The van der Waals surface area contributed by atoms with Crippen LogP contribution in [0.15, 0.2) is 41.6 Å². The fourth-order valence-corrected chi connectivity index (χ4v) is 2.09. The second kappa shape index (κ2) is 4.31. The molecule has 0 aliphatic rings. The monoisotopic (exact) mass is 251 g/mol. The van der Waals surface area contributed by atoms with Crippen LogP contribution >= 0.6 is 0 Å². The summed E-state index contributed by atoms with van der Waals surface area (Å²) in [5.74, 6) is 0. The highest BCUT2D eigenvalue weighted by Gasteiger charge is 2.06. The van der Waals surface area contributed by atoms with Gasteiger partial charge < -0.3 is 4.98 Å². The van der Waals surface area contributed by atoms with E-state index in [0.29, 0.717) is 11.0 Å². The highest BCUT2D eigenvalue weighted by atomic mass is 16.1. The SMILES string of the molecule is Cc1cncc(-c2cc(=O)c3cc(C)cnc3[nH]2)c1. The van der Waals surface area contributed by atoms with Gasteiger partial charge in [-0.25, -0.2) is 4.98 Å². The Morgan fingerprint density at radius 2 is 1.79 bits per heavy atom. The first-order chi connectivity index (χ1) is 9.13. The van der Waals surface area contributed by atoms with Crippen LogP contribution in [0.1, 0.15) is 11.1 Å². The van der Waals surface area contributed by atoms with Gasteiger partial charge in [-0.15, -0.1) is 0 Å². The van der Waals surface area contributed by atoms with E-state index in [4.69, 9.17) is 0 Å². The maximum atomic E-state index is 12.1. The number of nitrogens with zero attached hydrogens (tertiary/aromatic N) is 2. The maximum absolute atomic E-state index is 12.1. The first-order valence-electron chi connectivity index (χ1n) is 6.05. The summed E-state index contributed by atoms with van der Waals surface area (Å²) in [5.41, 5.74) is 4.24. The minimum Gasteiger partial charge on any atom is -0.339 e. The number of rotatable bonds is 1. The summed E-state index contributed by atoms with van der Waals surface area (Å²) in [6, 6.07) is 5.43. The molecule has 3 aromatic rings. The smallest absolute Gasteiger partial charge is 0.191 e. The van der Waals surface area contributed by atoms with Crippen molar-refractivity contribution in [3.8, 4) is 11.3 Å². The summed E-state index contributed by atoms with van der Waals surface area (Å²) in [4.78, 5) is 23.7. The van der Waals surface area contributed by atoms with Crippen molar-refractivity contribution in [1.29, 1.82) is 0 Å². The normalized spacial score (nSPS) is 10.8. The third kappa shape index (κ3) is 2.12. The summed E-state index contributed by atoms with van der Waals surface area (Å²) >= 11 is 0. The number of aryl methyl sites for hydroxylation is 2. The van der Waals surface area contributed by atoms with E-state index in [1.165, 1.54) is 0 Å². The average molecular weight is 251 g/mol. The number of nitrogens with one attached hydrogen (secondary N) is 1. The van der Waals surface area contributed by atoms with Gasteiger partial charge in [0, 0.05) is 30.2 Å². The molecule has 0 bridgehead atoms. The van der Waals surface area contributed by atoms with Crippen LogP contribution in [-0.2, 0) is 0 Å². The van der Waals surface area contributed by atoms with E-state index < -0.39 is 0 Å². The Hall–Kier alpha value is -2.49. The molecule has 0 aliphatic carbocycles. The molecule has 0 radical (unpaired) electrons.